The number of aryl methyl sites for hydroxylation is 3. The van der Waals surface area contributed by atoms with Gasteiger partial charge in [-0.1, -0.05) is 89.2 Å². The molecule has 0 bridgehead atoms. The van der Waals surface area contributed by atoms with Crippen LogP contribution in [-0.2, 0) is 72.5 Å². The Balaban J connectivity index is 0.000000150. The minimum absolute atomic E-state index is 0. The molecule has 31 nitrogen and oxygen atoms in total. The van der Waals surface area contributed by atoms with Gasteiger partial charge in [0.1, 0.15) is 24.1 Å². The summed E-state index contributed by atoms with van der Waals surface area (Å²) in [5, 5.41) is 42.6. The van der Waals surface area contributed by atoms with Crippen LogP contribution in [0.4, 0.5) is 11.4 Å². The van der Waals surface area contributed by atoms with Gasteiger partial charge in [-0.15, -0.1) is 0 Å². The molecular formula is C69H70N21NaO10. The third kappa shape index (κ3) is 15.7. The summed E-state index contributed by atoms with van der Waals surface area (Å²) in [5.41, 5.74) is 21.7. The fourth-order valence-electron chi connectivity index (χ4n) is 10.8. The zero-order valence-corrected chi connectivity index (χ0v) is 59.1. The maximum atomic E-state index is 12.8. The molecule has 0 radical (unpaired) electrons. The molecule has 0 unspecified atom stereocenters. The van der Waals surface area contributed by atoms with Gasteiger partial charge in [-0.3, -0.25) is 23.6 Å². The number of nitrogens with two attached hydrogens (primary N) is 1. The number of nitrogens with zero attached hydrogens (tertiary/aromatic N) is 16. The van der Waals surface area contributed by atoms with Gasteiger partial charge < -0.3 is 60.2 Å². The van der Waals surface area contributed by atoms with Crippen LogP contribution in [0.3, 0.4) is 0 Å². The molecule has 15 rings (SSSR count). The summed E-state index contributed by atoms with van der Waals surface area (Å²) < 4.78 is 25.3. The molecule has 512 valence electrons. The number of nitrogen functional groups attached to an aromatic ring is 1. The third-order valence-corrected chi connectivity index (χ3v) is 15.7. The van der Waals surface area contributed by atoms with Gasteiger partial charge in [-0.2, -0.15) is 25.3 Å². The van der Waals surface area contributed by atoms with Crippen LogP contribution in [0, 0.1) is 0 Å². The zero-order chi connectivity index (χ0) is 69.9. The maximum Gasteiger partial charge on any atom is 1.00 e. The average molecular weight is 1380 g/mol. The molecule has 14 aromatic rings. The van der Waals surface area contributed by atoms with E-state index in [0.29, 0.717) is 81.4 Å². The number of amides is 1. The Kier molecular flexibility index (Phi) is 21.7. The van der Waals surface area contributed by atoms with E-state index in [1.54, 1.807) is 76.3 Å². The van der Waals surface area contributed by atoms with Crippen LogP contribution in [0.2, 0.25) is 0 Å². The topological polar surface area (TPSA) is 434 Å². The molecule has 32 heteroatoms. The van der Waals surface area contributed by atoms with Crippen molar-refractivity contribution in [2.45, 2.75) is 85.5 Å². The number of fused-ring (bicyclic) bond motifs is 4. The molecule has 1 aliphatic rings. The molecule has 9 N–H and O–H groups in total. The van der Waals surface area contributed by atoms with E-state index >= 15 is 0 Å². The molecule has 1 aliphatic heterocycles. The normalized spacial score (nSPS) is 11.9. The van der Waals surface area contributed by atoms with Crippen molar-refractivity contribution >= 4 is 62.7 Å². The summed E-state index contributed by atoms with van der Waals surface area (Å²) in [7, 11) is 5.56. The van der Waals surface area contributed by atoms with E-state index in [9.17, 15) is 24.6 Å². The van der Waals surface area contributed by atoms with E-state index in [1.165, 1.54) is 0 Å². The van der Waals surface area contributed by atoms with Crippen molar-refractivity contribution in [1.29, 1.82) is 0 Å². The van der Waals surface area contributed by atoms with E-state index in [1.807, 2.05) is 136 Å². The molecule has 0 atom stereocenters. The van der Waals surface area contributed by atoms with Crippen molar-refractivity contribution in [3.63, 3.8) is 0 Å². The molecule has 3 aromatic carbocycles. The Morgan fingerprint density at radius 2 is 1.03 bits per heavy atom. The predicted octanol–water partition coefficient (Wildman–Crippen LogP) is 6.55. The van der Waals surface area contributed by atoms with Crippen LogP contribution in [-0.4, -0.2) is 135 Å². The SMILES string of the molecule is CCOC(=O)c1noc(C(C)(C)C)n1.Cn1cc(-c2nc3nccc(-c4cccc(N)c4CO)c3[nH]2)cn1.Cn1cc(-c2nc3nccc(-c4cccc(NC(=O)c5noc(C(C)(C)C)n5)c4CO)c3[nH]2)cn1.Cn1cc(-c2nc3nccc(-c4cccc5c4COC(=O)C5)c3[nH]2)cn1.[Na+].[OH-]. The van der Waals surface area contributed by atoms with Crippen LogP contribution >= 0.6 is 0 Å². The predicted molar refractivity (Wildman–Crippen MR) is 366 cm³/mol. The van der Waals surface area contributed by atoms with Crippen molar-refractivity contribution in [2.24, 2.45) is 21.1 Å². The molecule has 101 heavy (non-hydrogen) atoms. The van der Waals surface area contributed by atoms with Gasteiger partial charge in [0.05, 0.1) is 78.1 Å². The van der Waals surface area contributed by atoms with Crippen molar-refractivity contribution in [3.05, 3.63) is 174 Å². The first-order valence-electron chi connectivity index (χ1n) is 31.2. The van der Waals surface area contributed by atoms with Crippen LogP contribution in [0.25, 0.3) is 101 Å². The quantitative estimate of drug-likeness (QED) is 0.0387. The van der Waals surface area contributed by atoms with Crippen molar-refractivity contribution in [3.8, 4) is 67.5 Å². The number of aromatic nitrogens is 19. The second kappa shape index (κ2) is 30.3. The smallest absolute Gasteiger partial charge is 0.870 e. The van der Waals surface area contributed by atoms with Gasteiger partial charge >= 0.3 is 41.5 Å². The van der Waals surface area contributed by atoms with E-state index in [0.717, 1.165) is 78.1 Å². The number of cyclic esters (lactones) is 1. The number of imidazole rings is 3. The number of ether oxygens (including phenoxy) is 2. The molecule has 0 saturated heterocycles. The first kappa shape index (κ1) is 72.3. The molecule has 0 spiro atoms. The minimum atomic E-state index is -0.549. The number of pyridine rings is 3. The Bertz CT molecular complexity index is 5290. The summed E-state index contributed by atoms with van der Waals surface area (Å²) in [6, 6.07) is 22.6. The monoisotopic (exact) mass is 1380 g/mol. The number of H-pyrrole nitrogens is 3. The number of aliphatic hydroxyl groups excluding tert-OH is 2. The molecule has 0 saturated carbocycles. The van der Waals surface area contributed by atoms with E-state index in [4.69, 9.17) is 24.3 Å². The fourth-order valence-corrected chi connectivity index (χ4v) is 10.8. The number of carbonyl (C=O) groups is 3. The minimum Gasteiger partial charge on any atom is -0.870 e. The van der Waals surface area contributed by atoms with Gasteiger partial charge in [-0.25, -0.2) is 34.7 Å². The Morgan fingerprint density at radius 3 is 1.48 bits per heavy atom. The molecular weight excluding hydrogens is 1310 g/mol. The van der Waals surface area contributed by atoms with Crippen molar-refractivity contribution < 1.29 is 78.2 Å². The van der Waals surface area contributed by atoms with Crippen LogP contribution < -0.4 is 40.6 Å². The summed E-state index contributed by atoms with van der Waals surface area (Å²) in [6.45, 7) is 13.4. The van der Waals surface area contributed by atoms with Gasteiger partial charge in [-0.05, 0) is 64.7 Å². The standard InChI is InChI=1S/C24H24N8O3.C19H15N5O2.C17H16N6O.C9H14N2O3.Na.H2O/c1-24(2,3)23-30-21(31-35-23)22(34)27-17-7-5-6-14(16(17)12-33)15-8-9-25-20-18(15)28-19(29-20)13-10-26-32(4)11-13;1-24-9-12(8-21-24)18-22-17-14(5-6-20-19(17)23-18)13-4-2-3-11-7-16(25)26-10-15(11)13;1-23-8-10(7-20-23)16-21-15-12(5-6-19-17(15)22-16)11-3-2-4-14(18)13(11)9-24;1-5-13-7(12)6-10-8(14-11-6)9(2,3)4;;/h5-11,33H,12H2,1-4H3,(H,27,34)(H,25,28,29);2-6,8-9H,7,10H2,1H3,(H,20,22,23);2-8,24H,9,18H2,1H3,(H,19,21,22);5H2,1-4H3;;1H2/q;;;;+1;/p-1. The van der Waals surface area contributed by atoms with Gasteiger partial charge in [0.25, 0.3) is 17.6 Å². The Labute approximate surface area is 598 Å². The summed E-state index contributed by atoms with van der Waals surface area (Å²) in [6.07, 6.45) is 16.3. The van der Waals surface area contributed by atoms with E-state index in [-0.39, 0.29) is 83.3 Å². The summed E-state index contributed by atoms with van der Waals surface area (Å²) in [5.74, 6) is 1.49. The van der Waals surface area contributed by atoms with Crippen LogP contribution in [0.5, 0.6) is 0 Å². The van der Waals surface area contributed by atoms with Gasteiger partial charge in [0.2, 0.25) is 11.8 Å². The van der Waals surface area contributed by atoms with Gasteiger partial charge in [0, 0.05) is 114 Å². The number of nitrogens with one attached hydrogen (secondary N) is 4. The number of hydrogen-bond donors (Lipinski definition) is 7. The molecule has 12 heterocycles. The summed E-state index contributed by atoms with van der Waals surface area (Å²) in [4.78, 5) is 80.6. The Morgan fingerprint density at radius 1 is 0.594 bits per heavy atom. The molecule has 11 aromatic heterocycles. The number of carbonyl (C=O) groups excluding carboxylic acids is 3. The maximum absolute atomic E-state index is 12.8. The number of rotatable bonds is 12. The number of aromatic amines is 3. The van der Waals surface area contributed by atoms with Gasteiger partial charge in [0.15, 0.2) is 16.9 Å². The molecule has 1 amide bonds. The van der Waals surface area contributed by atoms with Crippen LogP contribution in [0.1, 0.15) is 104 Å². The fraction of sp³-hybridized carbons (Fsp3) is 0.246. The zero-order valence-electron chi connectivity index (χ0n) is 57.1. The van der Waals surface area contributed by atoms with E-state index < -0.39 is 11.9 Å². The number of benzene rings is 3. The van der Waals surface area contributed by atoms with Crippen molar-refractivity contribution in [2.75, 3.05) is 17.7 Å². The first-order chi connectivity index (χ1) is 47.5. The third-order valence-electron chi connectivity index (χ3n) is 15.7. The van der Waals surface area contributed by atoms with Crippen LogP contribution in [0.15, 0.2) is 138 Å². The largest absolute Gasteiger partial charge is 1.00 e. The molecule has 0 fully saturated rings. The second-order valence-electron chi connectivity index (χ2n) is 25.0. The number of aliphatic hydroxyl groups is 2. The number of hydrogen-bond acceptors (Lipinski definition) is 24. The number of esters is 2. The van der Waals surface area contributed by atoms with E-state index in [2.05, 4.69) is 85.7 Å². The Hall–Kier alpha value is -11.5. The average Bonchev–Trinajstić information content (AvgIpc) is 1.74. The first-order valence-corrected chi connectivity index (χ1v) is 31.2. The van der Waals surface area contributed by atoms with Crippen molar-refractivity contribution in [1.82, 2.24) is 94.5 Å². The number of anilines is 2. The summed E-state index contributed by atoms with van der Waals surface area (Å²) >= 11 is 0. The second-order valence-corrected chi connectivity index (χ2v) is 25.0. The molecule has 0 aliphatic carbocycles.